The molecule has 0 radical (unpaired) electrons. The van der Waals surface area contributed by atoms with Crippen LogP contribution in [-0.2, 0) is 17.8 Å². The number of aromatic amines is 1. The maximum absolute atomic E-state index is 13.5. The van der Waals surface area contributed by atoms with Crippen molar-refractivity contribution in [3.63, 3.8) is 0 Å². The average molecular weight is 493 g/mol. The fraction of sp³-hybridized carbons (Fsp3) is 0.296. The molecule has 1 aliphatic carbocycles. The molecule has 35 heavy (non-hydrogen) atoms. The molecule has 1 aliphatic rings. The quantitative estimate of drug-likeness (QED) is 0.458. The predicted octanol–water partition coefficient (Wildman–Crippen LogP) is 4.29. The predicted molar refractivity (Wildman–Crippen MR) is 140 cm³/mol. The molecule has 3 N–H and O–H groups in total. The molecule has 7 nitrogen and oxygen atoms in total. The summed E-state index contributed by atoms with van der Waals surface area (Å²) in [5.41, 5.74) is 7.88. The smallest absolute Gasteiger partial charge is 0.330 e. The van der Waals surface area contributed by atoms with Gasteiger partial charge in [0.05, 0.1) is 13.0 Å². The van der Waals surface area contributed by atoms with Gasteiger partial charge in [-0.15, -0.1) is 0 Å². The summed E-state index contributed by atoms with van der Waals surface area (Å²) < 4.78 is 1.29. The number of nitrogen functional groups attached to an aromatic ring is 1. The number of nitrogens with one attached hydrogen (secondary N) is 1. The maximum atomic E-state index is 13.5. The molecule has 182 valence electrons. The lowest BCUT2D eigenvalue weighted by Crippen LogP contribution is -2.42. The molecule has 0 spiro atoms. The Balaban J connectivity index is 1.72. The van der Waals surface area contributed by atoms with Crippen LogP contribution in [-0.4, -0.2) is 22.0 Å². The number of hydrogen-bond donors (Lipinski definition) is 2. The molecule has 8 heteroatoms. The van der Waals surface area contributed by atoms with Gasteiger partial charge < -0.3 is 10.6 Å². The second kappa shape index (κ2) is 11.2. The highest BCUT2D eigenvalue weighted by atomic mass is 35.5. The highest BCUT2D eigenvalue weighted by Crippen LogP contribution is 2.25. The number of carbonyl (C=O) groups excluding carboxylic acids is 1. The first-order valence-electron chi connectivity index (χ1n) is 11.8. The SMILES string of the molecule is Nc1c(N(CCC2=CCCCC2)C(=O)Cc2ccccc2Cl)c(=O)[nH]c(=O)n1Cc1ccccc1. The van der Waals surface area contributed by atoms with Gasteiger partial charge in [0.25, 0.3) is 5.56 Å². The molecule has 1 heterocycles. The molecule has 0 unspecified atom stereocenters. The summed E-state index contributed by atoms with van der Waals surface area (Å²) in [6, 6.07) is 16.5. The van der Waals surface area contributed by atoms with Crippen molar-refractivity contribution in [2.75, 3.05) is 17.2 Å². The van der Waals surface area contributed by atoms with Crippen molar-refractivity contribution < 1.29 is 4.79 Å². The molecule has 0 saturated heterocycles. The normalized spacial score (nSPS) is 13.3. The number of amides is 1. The Morgan fingerprint density at radius 1 is 1.06 bits per heavy atom. The van der Waals surface area contributed by atoms with Crippen LogP contribution in [0.15, 0.2) is 75.8 Å². The van der Waals surface area contributed by atoms with E-state index in [0.29, 0.717) is 17.0 Å². The van der Waals surface area contributed by atoms with E-state index in [2.05, 4.69) is 11.1 Å². The first-order valence-corrected chi connectivity index (χ1v) is 12.2. The number of nitrogens with two attached hydrogens (primary N) is 1. The minimum Gasteiger partial charge on any atom is -0.383 e. The fourth-order valence-corrected chi connectivity index (χ4v) is 4.61. The third-order valence-corrected chi connectivity index (χ3v) is 6.68. The number of rotatable bonds is 8. The average Bonchev–Trinajstić information content (AvgIpc) is 2.86. The molecule has 3 aromatic rings. The number of anilines is 2. The third kappa shape index (κ3) is 5.92. The van der Waals surface area contributed by atoms with Crippen LogP contribution in [0.1, 0.15) is 43.2 Å². The Morgan fingerprint density at radius 2 is 1.80 bits per heavy atom. The molecule has 0 bridgehead atoms. The van der Waals surface area contributed by atoms with Crippen LogP contribution in [0.25, 0.3) is 0 Å². The van der Waals surface area contributed by atoms with Gasteiger partial charge in [-0.25, -0.2) is 4.79 Å². The number of hydrogen-bond acceptors (Lipinski definition) is 4. The summed E-state index contributed by atoms with van der Waals surface area (Å²) in [6.45, 7) is 0.457. The fourth-order valence-electron chi connectivity index (χ4n) is 4.41. The van der Waals surface area contributed by atoms with Gasteiger partial charge in [-0.05, 0) is 49.3 Å². The summed E-state index contributed by atoms with van der Waals surface area (Å²) in [7, 11) is 0. The van der Waals surface area contributed by atoms with Crippen LogP contribution >= 0.6 is 11.6 Å². The van der Waals surface area contributed by atoms with Crippen molar-refractivity contribution in [1.29, 1.82) is 0 Å². The van der Waals surface area contributed by atoms with E-state index in [-0.39, 0.29) is 36.9 Å². The molecule has 0 fully saturated rings. The highest BCUT2D eigenvalue weighted by Gasteiger charge is 2.25. The number of aromatic nitrogens is 2. The number of H-pyrrole nitrogens is 1. The summed E-state index contributed by atoms with van der Waals surface area (Å²) in [6.07, 6.45) is 7.13. The molecular weight excluding hydrogens is 464 g/mol. The second-order valence-corrected chi connectivity index (χ2v) is 9.14. The zero-order chi connectivity index (χ0) is 24.8. The van der Waals surface area contributed by atoms with E-state index < -0.39 is 11.2 Å². The van der Waals surface area contributed by atoms with E-state index in [0.717, 1.165) is 31.2 Å². The minimum absolute atomic E-state index is 0.00556. The second-order valence-electron chi connectivity index (χ2n) is 8.74. The van der Waals surface area contributed by atoms with E-state index in [9.17, 15) is 14.4 Å². The standard InChI is InChI=1S/C27H29ClN4O3/c28-22-14-8-7-13-21(22)17-23(33)31(16-15-19-9-3-1-4-10-19)24-25(29)32(27(35)30-26(24)34)18-20-11-5-2-6-12-20/h2,5-9,11-14H,1,3-4,10,15-18,29H2,(H,30,34,35). The first kappa shape index (κ1) is 24.5. The monoisotopic (exact) mass is 492 g/mol. The van der Waals surface area contributed by atoms with Gasteiger partial charge in [0, 0.05) is 11.6 Å². The van der Waals surface area contributed by atoms with Crippen LogP contribution < -0.4 is 21.9 Å². The van der Waals surface area contributed by atoms with Crippen molar-refractivity contribution in [2.45, 2.75) is 45.1 Å². The van der Waals surface area contributed by atoms with E-state index in [1.165, 1.54) is 15.0 Å². The van der Waals surface area contributed by atoms with Gasteiger partial charge in [0.15, 0.2) is 5.69 Å². The summed E-state index contributed by atoms with van der Waals surface area (Å²) in [5, 5.41) is 0.478. The molecule has 0 atom stereocenters. The van der Waals surface area contributed by atoms with Gasteiger partial charge in [-0.1, -0.05) is 71.8 Å². The third-order valence-electron chi connectivity index (χ3n) is 6.31. The number of benzene rings is 2. The minimum atomic E-state index is -0.679. The van der Waals surface area contributed by atoms with Crippen LogP contribution in [0.5, 0.6) is 0 Å². The Labute approximate surface area is 208 Å². The maximum Gasteiger partial charge on any atom is 0.330 e. The summed E-state index contributed by atoms with van der Waals surface area (Å²) in [5.74, 6) is -0.343. The van der Waals surface area contributed by atoms with E-state index in [1.54, 1.807) is 18.2 Å². The highest BCUT2D eigenvalue weighted by molar-refractivity contribution is 6.31. The number of allylic oxidation sites excluding steroid dienone is 1. The van der Waals surface area contributed by atoms with Crippen LogP contribution in [0.2, 0.25) is 5.02 Å². The topological polar surface area (TPSA) is 101 Å². The van der Waals surface area contributed by atoms with Gasteiger partial charge >= 0.3 is 5.69 Å². The number of halogens is 1. The van der Waals surface area contributed by atoms with E-state index in [4.69, 9.17) is 17.3 Å². The number of nitrogens with zero attached hydrogens (tertiary/aromatic N) is 2. The Morgan fingerprint density at radius 3 is 2.51 bits per heavy atom. The van der Waals surface area contributed by atoms with Crippen molar-refractivity contribution >= 4 is 29.0 Å². The van der Waals surface area contributed by atoms with Crippen molar-refractivity contribution in [3.8, 4) is 0 Å². The lowest BCUT2D eigenvalue weighted by Gasteiger charge is -2.26. The van der Waals surface area contributed by atoms with Gasteiger partial charge in [0.2, 0.25) is 5.91 Å². The zero-order valence-electron chi connectivity index (χ0n) is 19.5. The lowest BCUT2D eigenvalue weighted by molar-refractivity contribution is -0.118. The van der Waals surface area contributed by atoms with Crippen molar-refractivity contribution in [3.05, 3.63) is 103 Å². The summed E-state index contributed by atoms with van der Waals surface area (Å²) >= 11 is 6.30. The molecular formula is C27H29ClN4O3. The lowest BCUT2D eigenvalue weighted by atomic mass is 9.97. The molecule has 0 saturated carbocycles. The van der Waals surface area contributed by atoms with Gasteiger partial charge in [-0.2, -0.15) is 0 Å². The first-order chi connectivity index (χ1) is 16.9. The molecule has 2 aromatic carbocycles. The van der Waals surface area contributed by atoms with Crippen LogP contribution in [0, 0.1) is 0 Å². The molecule has 1 amide bonds. The van der Waals surface area contributed by atoms with Crippen molar-refractivity contribution in [2.24, 2.45) is 0 Å². The zero-order valence-corrected chi connectivity index (χ0v) is 20.3. The molecule has 4 rings (SSSR count). The van der Waals surface area contributed by atoms with Crippen molar-refractivity contribution in [1.82, 2.24) is 9.55 Å². The van der Waals surface area contributed by atoms with Crippen LogP contribution in [0.3, 0.4) is 0 Å². The largest absolute Gasteiger partial charge is 0.383 e. The Hall–Kier alpha value is -3.58. The molecule has 1 aromatic heterocycles. The summed E-state index contributed by atoms with van der Waals surface area (Å²) in [4.78, 5) is 43.0. The van der Waals surface area contributed by atoms with E-state index >= 15 is 0 Å². The molecule has 0 aliphatic heterocycles. The van der Waals surface area contributed by atoms with Gasteiger partial charge in [0.1, 0.15) is 5.82 Å². The Kier molecular flexibility index (Phi) is 7.87. The number of carbonyl (C=O) groups is 1. The van der Waals surface area contributed by atoms with Gasteiger partial charge in [-0.3, -0.25) is 19.1 Å². The Bertz CT molecular complexity index is 1340. The van der Waals surface area contributed by atoms with E-state index in [1.807, 2.05) is 36.4 Å². The van der Waals surface area contributed by atoms with Crippen LogP contribution in [0.4, 0.5) is 11.5 Å².